The van der Waals surface area contributed by atoms with Gasteiger partial charge in [0.05, 0.1) is 11.6 Å². The van der Waals surface area contributed by atoms with Crippen molar-refractivity contribution in [3.63, 3.8) is 0 Å². The van der Waals surface area contributed by atoms with Crippen molar-refractivity contribution >= 4 is 23.2 Å². The van der Waals surface area contributed by atoms with Crippen molar-refractivity contribution in [3.05, 3.63) is 45.3 Å². The van der Waals surface area contributed by atoms with Crippen molar-refractivity contribution in [1.29, 1.82) is 0 Å². The molecular formula is C29H34ClNO4. The molecule has 0 atom stereocenters. The second-order valence-electron chi connectivity index (χ2n) is 11.4. The summed E-state index contributed by atoms with van der Waals surface area (Å²) in [6.07, 6.45) is 7.79. The summed E-state index contributed by atoms with van der Waals surface area (Å²) in [5, 5.41) is 0.344. The van der Waals surface area contributed by atoms with Gasteiger partial charge < -0.3 is 14.4 Å². The first kappa shape index (κ1) is 25.4. The maximum Gasteiger partial charge on any atom is 0.181 e. The van der Waals surface area contributed by atoms with E-state index >= 15 is 0 Å². The van der Waals surface area contributed by atoms with E-state index in [1.54, 1.807) is 6.07 Å². The monoisotopic (exact) mass is 495 g/mol. The predicted molar refractivity (Wildman–Crippen MR) is 138 cm³/mol. The second kappa shape index (κ2) is 9.06. The van der Waals surface area contributed by atoms with Crippen molar-refractivity contribution in [1.82, 2.24) is 4.90 Å². The molecule has 2 aliphatic carbocycles. The summed E-state index contributed by atoms with van der Waals surface area (Å²) in [6.45, 7) is 10.8. The first-order valence-electron chi connectivity index (χ1n) is 12.2. The lowest BCUT2D eigenvalue weighted by Gasteiger charge is -2.48. The Balaban J connectivity index is 1.96. The normalized spacial score (nSPS) is 21.5. The molecule has 35 heavy (non-hydrogen) atoms. The fourth-order valence-electron chi connectivity index (χ4n) is 5.77. The minimum absolute atomic E-state index is 0.0547. The number of Topliss-reactive ketones (excluding diaryl/α,β-unsaturated/α-hetero) is 2. The smallest absolute Gasteiger partial charge is 0.181 e. The van der Waals surface area contributed by atoms with Gasteiger partial charge in [-0.2, -0.15) is 0 Å². The molecule has 1 heterocycles. The summed E-state index contributed by atoms with van der Waals surface area (Å²) in [5.74, 6) is 2.96. The fourth-order valence-corrected chi connectivity index (χ4v) is 6.04. The Morgan fingerprint density at radius 1 is 1.00 bits per heavy atom. The average molecular weight is 496 g/mol. The number of halogens is 1. The Kier molecular flexibility index (Phi) is 6.57. The van der Waals surface area contributed by atoms with Gasteiger partial charge in [0.2, 0.25) is 0 Å². The third kappa shape index (κ3) is 4.61. The van der Waals surface area contributed by atoms with Crippen molar-refractivity contribution in [3.8, 4) is 23.8 Å². The Bertz CT molecular complexity index is 1140. The topological polar surface area (TPSA) is 55.8 Å². The molecule has 0 saturated carbocycles. The Labute approximate surface area is 213 Å². The second-order valence-corrected chi connectivity index (χ2v) is 11.8. The molecule has 5 nitrogen and oxygen atoms in total. The Morgan fingerprint density at radius 3 is 2.03 bits per heavy atom. The minimum atomic E-state index is -0.484. The van der Waals surface area contributed by atoms with E-state index in [9.17, 15) is 9.59 Å². The lowest BCUT2D eigenvalue weighted by atomic mass is 9.63. The molecule has 0 aromatic heterocycles. The van der Waals surface area contributed by atoms with E-state index in [-0.39, 0.29) is 29.0 Å². The lowest BCUT2D eigenvalue weighted by molar-refractivity contribution is -0.119. The minimum Gasteiger partial charge on any atom is -0.490 e. The van der Waals surface area contributed by atoms with E-state index in [0.717, 1.165) is 29.8 Å². The quantitative estimate of drug-likeness (QED) is 0.464. The van der Waals surface area contributed by atoms with E-state index in [4.69, 9.17) is 27.5 Å². The van der Waals surface area contributed by atoms with E-state index in [0.29, 0.717) is 47.1 Å². The lowest BCUT2D eigenvalue weighted by Crippen LogP contribution is -2.43. The van der Waals surface area contributed by atoms with Crippen molar-refractivity contribution in [2.75, 3.05) is 20.3 Å². The number of ether oxygens (including phenoxy) is 2. The Hall–Kier alpha value is -2.71. The number of hydrogen-bond donors (Lipinski definition) is 0. The number of nitrogens with zero attached hydrogens (tertiary/aromatic N) is 1. The largest absolute Gasteiger partial charge is 0.490 e. The third-order valence-electron chi connectivity index (χ3n) is 7.14. The number of hydrogen-bond acceptors (Lipinski definition) is 5. The molecule has 3 aliphatic rings. The zero-order valence-corrected chi connectivity index (χ0v) is 22.3. The van der Waals surface area contributed by atoms with Crippen LogP contribution in [0.4, 0.5) is 0 Å². The molecule has 186 valence electrons. The fraction of sp³-hybridized carbons (Fsp3) is 0.517. The Morgan fingerprint density at radius 2 is 1.54 bits per heavy atom. The van der Waals surface area contributed by atoms with Crippen LogP contribution in [0.15, 0.2) is 34.7 Å². The van der Waals surface area contributed by atoms with Crippen LogP contribution in [0.3, 0.4) is 0 Å². The van der Waals surface area contributed by atoms with E-state index in [1.165, 1.54) is 0 Å². The van der Waals surface area contributed by atoms with Gasteiger partial charge in [-0.15, -0.1) is 6.42 Å². The van der Waals surface area contributed by atoms with Gasteiger partial charge in [-0.05, 0) is 48.3 Å². The maximum absolute atomic E-state index is 13.7. The van der Waals surface area contributed by atoms with Crippen LogP contribution in [-0.2, 0) is 9.59 Å². The summed E-state index contributed by atoms with van der Waals surface area (Å²) >= 11 is 6.68. The zero-order valence-electron chi connectivity index (χ0n) is 21.5. The molecule has 0 bridgehead atoms. The first-order chi connectivity index (χ1) is 16.4. The summed E-state index contributed by atoms with van der Waals surface area (Å²) in [6, 6.07) is 3.65. The summed E-state index contributed by atoms with van der Waals surface area (Å²) in [7, 11) is 2.00. The molecule has 6 heteroatoms. The van der Waals surface area contributed by atoms with E-state index in [1.807, 2.05) is 20.0 Å². The van der Waals surface area contributed by atoms with Crippen LogP contribution in [0.2, 0.25) is 5.02 Å². The molecule has 0 fully saturated rings. The van der Waals surface area contributed by atoms with Crippen LogP contribution in [0, 0.1) is 23.2 Å². The van der Waals surface area contributed by atoms with Gasteiger partial charge in [-0.25, -0.2) is 0 Å². The number of ketones is 2. The zero-order chi connectivity index (χ0) is 25.7. The van der Waals surface area contributed by atoms with Gasteiger partial charge in [0.15, 0.2) is 23.1 Å². The highest BCUT2D eigenvalue weighted by Gasteiger charge is 2.48. The maximum atomic E-state index is 13.7. The molecule has 0 unspecified atom stereocenters. The molecule has 1 aromatic rings. The number of rotatable bonds is 5. The number of carbonyl (C=O) groups excluding carboxylic acids is 2. The first-order valence-corrected chi connectivity index (χ1v) is 12.6. The van der Waals surface area contributed by atoms with Crippen LogP contribution in [0.1, 0.15) is 71.8 Å². The van der Waals surface area contributed by atoms with Gasteiger partial charge in [0, 0.05) is 48.3 Å². The van der Waals surface area contributed by atoms with Gasteiger partial charge in [0.25, 0.3) is 0 Å². The van der Waals surface area contributed by atoms with Gasteiger partial charge >= 0.3 is 0 Å². The van der Waals surface area contributed by atoms with Crippen LogP contribution in [0.5, 0.6) is 11.5 Å². The van der Waals surface area contributed by atoms with Gasteiger partial charge in [-0.1, -0.05) is 45.2 Å². The molecule has 0 amide bonds. The highest BCUT2D eigenvalue weighted by molar-refractivity contribution is 6.32. The van der Waals surface area contributed by atoms with Crippen molar-refractivity contribution < 1.29 is 19.1 Å². The number of benzene rings is 1. The molecule has 0 saturated heterocycles. The highest BCUT2D eigenvalue weighted by atomic mass is 35.5. The summed E-state index contributed by atoms with van der Waals surface area (Å²) in [5.41, 5.74) is 3.87. The van der Waals surface area contributed by atoms with Crippen LogP contribution < -0.4 is 9.47 Å². The van der Waals surface area contributed by atoms with Crippen LogP contribution >= 0.6 is 11.6 Å². The van der Waals surface area contributed by atoms with Gasteiger partial charge in [-0.3, -0.25) is 9.59 Å². The van der Waals surface area contributed by atoms with E-state index in [2.05, 4.69) is 38.5 Å². The highest BCUT2D eigenvalue weighted by Crippen LogP contribution is 2.55. The third-order valence-corrected chi connectivity index (χ3v) is 7.43. The van der Waals surface area contributed by atoms with Crippen LogP contribution in [0.25, 0.3) is 0 Å². The van der Waals surface area contributed by atoms with E-state index < -0.39 is 5.92 Å². The molecule has 0 N–H and O–H groups in total. The average Bonchev–Trinajstić information content (AvgIpc) is 2.73. The summed E-state index contributed by atoms with van der Waals surface area (Å²) < 4.78 is 11.5. The summed E-state index contributed by atoms with van der Waals surface area (Å²) in [4.78, 5) is 29.4. The molecule has 0 spiro atoms. The van der Waals surface area contributed by atoms with Gasteiger partial charge in [0.1, 0.15) is 6.61 Å². The number of carbonyl (C=O) groups is 2. The molecular weight excluding hydrogens is 462 g/mol. The van der Waals surface area contributed by atoms with Crippen molar-refractivity contribution in [2.24, 2.45) is 10.8 Å². The number of allylic oxidation sites excluding steroid dienone is 4. The molecule has 1 aromatic carbocycles. The van der Waals surface area contributed by atoms with Crippen molar-refractivity contribution in [2.45, 2.75) is 66.2 Å². The standard InChI is InChI=1S/C29H34ClNO4/c1-8-10-35-27-18(30)11-17(12-23(27)34-9-2)24-25-19(13-28(3,4)15-21(25)32)31(7)20-14-29(5,6)16-22(33)26(20)24/h1,11-12,24H,9-10,13-16H2,2-7H3. The molecule has 0 radical (unpaired) electrons. The predicted octanol–water partition coefficient (Wildman–Crippen LogP) is 6.07. The number of terminal acetylenes is 1. The molecule has 4 rings (SSSR count). The van der Waals surface area contributed by atoms with Crippen LogP contribution in [-0.4, -0.2) is 36.7 Å². The SMILES string of the molecule is C#CCOc1c(Cl)cc(C2C3=C(CC(C)(C)CC3=O)N(C)C3=C2C(=O)CC(C)(C)C3)cc1OCC. The molecule has 1 aliphatic heterocycles.